The predicted molar refractivity (Wildman–Crippen MR) is 105 cm³/mol. The van der Waals surface area contributed by atoms with Crippen LogP contribution in [-0.2, 0) is 13.1 Å². The van der Waals surface area contributed by atoms with Crippen LogP contribution in [0.3, 0.4) is 0 Å². The molecule has 0 atom stereocenters. The molecule has 1 aliphatic heterocycles. The van der Waals surface area contributed by atoms with Crippen molar-refractivity contribution in [3.05, 3.63) is 52.0 Å². The fraction of sp³-hybridized carbons (Fsp3) is 0.474. The standard InChI is InChI=1S/C19H27N5OS/c1-22(14-16-5-3-2-4-6-16)7-8-23-9-11-24(12-10-23)19(25)17-15-26-18(13-20)21-17/h2-6,15H,7-14,20H2,1H3. The summed E-state index contributed by atoms with van der Waals surface area (Å²) in [6.45, 7) is 6.76. The summed E-state index contributed by atoms with van der Waals surface area (Å²) < 4.78 is 0. The number of carbonyl (C=O) groups is 1. The molecule has 1 amide bonds. The molecule has 2 aromatic rings. The number of amides is 1. The topological polar surface area (TPSA) is 65.7 Å². The molecule has 7 heteroatoms. The van der Waals surface area contributed by atoms with Gasteiger partial charge >= 0.3 is 0 Å². The van der Waals surface area contributed by atoms with E-state index < -0.39 is 0 Å². The van der Waals surface area contributed by atoms with Crippen molar-refractivity contribution in [1.29, 1.82) is 0 Å². The van der Waals surface area contributed by atoms with Gasteiger partial charge in [-0.25, -0.2) is 4.98 Å². The summed E-state index contributed by atoms with van der Waals surface area (Å²) in [5.74, 6) is 0.0294. The molecule has 140 valence electrons. The van der Waals surface area contributed by atoms with E-state index in [1.807, 2.05) is 16.3 Å². The van der Waals surface area contributed by atoms with E-state index in [1.54, 1.807) is 0 Å². The predicted octanol–water partition coefficient (Wildman–Crippen LogP) is 1.49. The average Bonchev–Trinajstić information content (AvgIpc) is 3.16. The Kier molecular flexibility index (Phi) is 6.73. The van der Waals surface area contributed by atoms with Crippen LogP contribution in [-0.4, -0.2) is 71.9 Å². The molecule has 0 radical (unpaired) electrons. The normalized spacial score (nSPS) is 15.6. The zero-order valence-electron chi connectivity index (χ0n) is 15.3. The van der Waals surface area contributed by atoms with E-state index in [4.69, 9.17) is 5.73 Å². The summed E-state index contributed by atoms with van der Waals surface area (Å²) in [4.78, 5) is 23.5. The molecule has 6 nitrogen and oxygen atoms in total. The van der Waals surface area contributed by atoms with Crippen LogP contribution in [0.2, 0.25) is 0 Å². The first-order valence-electron chi connectivity index (χ1n) is 9.04. The zero-order chi connectivity index (χ0) is 18.4. The van der Waals surface area contributed by atoms with E-state index in [0.717, 1.165) is 50.8 Å². The molecule has 26 heavy (non-hydrogen) atoms. The van der Waals surface area contributed by atoms with E-state index >= 15 is 0 Å². The van der Waals surface area contributed by atoms with Gasteiger partial charge < -0.3 is 15.5 Å². The second-order valence-corrected chi connectivity index (χ2v) is 7.63. The van der Waals surface area contributed by atoms with Crippen LogP contribution in [0.5, 0.6) is 0 Å². The first kappa shape index (κ1) is 19.0. The highest BCUT2D eigenvalue weighted by Crippen LogP contribution is 2.13. The molecule has 3 rings (SSSR count). The number of aromatic nitrogens is 1. The molecular weight excluding hydrogens is 346 g/mol. The smallest absolute Gasteiger partial charge is 0.273 e. The van der Waals surface area contributed by atoms with Crippen molar-refractivity contribution in [3.8, 4) is 0 Å². The Morgan fingerprint density at radius 1 is 1.23 bits per heavy atom. The number of thiazole rings is 1. The van der Waals surface area contributed by atoms with Gasteiger partial charge in [0.1, 0.15) is 10.7 Å². The Balaban J connectivity index is 1.40. The average molecular weight is 374 g/mol. The molecule has 1 saturated heterocycles. The Hall–Kier alpha value is -1.80. The van der Waals surface area contributed by atoms with Crippen molar-refractivity contribution in [2.75, 3.05) is 46.3 Å². The number of hydrogen-bond donors (Lipinski definition) is 1. The zero-order valence-corrected chi connectivity index (χ0v) is 16.1. The minimum atomic E-state index is 0.0294. The summed E-state index contributed by atoms with van der Waals surface area (Å²) in [5, 5.41) is 2.63. The summed E-state index contributed by atoms with van der Waals surface area (Å²) in [7, 11) is 2.16. The van der Waals surface area contributed by atoms with E-state index in [9.17, 15) is 4.79 Å². The van der Waals surface area contributed by atoms with E-state index in [2.05, 4.69) is 46.1 Å². The van der Waals surface area contributed by atoms with Gasteiger partial charge in [-0.2, -0.15) is 0 Å². The van der Waals surface area contributed by atoms with Gasteiger partial charge in [0, 0.05) is 57.7 Å². The van der Waals surface area contributed by atoms with Crippen LogP contribution in [0.15, 0.2) is 35.7 Å². The van der Waals surface area contributed by atoms with Crippen LogP contribution in [0, 0.1) is 0 Å². The SMILES string of the molecule is CN(CCN1CCN(C(=O)c2csc(CN)n2)CC1)Cc1ccccc1. The monoisotopic (exact) mass is 373 g/mol. The van der Waals surface area contributed by atoms with Gasteiger partial charge in [0.25, 0.3) is 5.91 Å². The molecule has 0 saturated carbocycles. The van der Waals surface area contributed by atoms with E-state index in [0.29, 0.717) is 12.2 Å². The second-order valence-electron chi connectivity index (χ2n) is 6.69. The second kappa shape index (κ2) is 9.23. The molecule has 2 N–H and O–H groups in total. The van der Waals surface area contributed by atoms with Crippen LogP contribution < -0.4 is 5.73 Å². The molecule has 0 spiro atoms. The van der Waals surface area contributed by atoms with Crippen molar-refractivity contribution in [1.82, 2.24) is 19.7 Å². The molecule has 1 aromatic carbocycles. The van der Waals surface area contributed by atoms with Gasteiger partial charge in [-0.1, -0.05) is 30.3 Å². The maximum Gasteiger partial charge on any atom is 0.273 e. The fourth-order valence-electron chi connectivity index (χ4n) is 3.13. The van der Waals surface area contributed by atoms with Gasteiger partial charge in [0.2, 0.25) is 0 Å². The summed E-state index contributed by atoms with van der Waals surface area (Å²) >= 11 is 1.45. The Morgan fingerprint density at radius 2 is 1.96 bits per heavy atom. The van der Waals surface area contributed by atoms with Gasteiger partial charge in [0.05, 0.1) is 0 Å². The summed E-state index contributed by atoms with van der Waals surface area (Å²) in [5.41, 5.74) is 7.45. The molecule has 2 heterocycles. The molecule has 0 aliphatic carbocycles. The molecular formula is C19H27N5OS. The quantitative estimate of drug-likeness (QED) is 0.797. The van der Waals surface area contributed by atoms with E-state index in [-0.39, 0.29) is 5.91 Å². The first-order valence-corrected chi connectivity index (χ1v) is 9.92. The molecule has 1 fully saturated rings. The Morgan fingerprint density at radius 3 is 2.62 bits per heavy atom. The van der Waals surface area contributed by atoms with Crippen LogP contribution in [0.4, 0.5) is 0 Å². The van der Waals surface area contributed by atoms with Crippen LogP contribution >= 0.6 is 11.3 Å². The summed E-state index contributed by atoms with van der Waals surface area (Å²) in [6, 6.07) is 10.5. The lowest BCUT2D eigenvalue weighted by atomic mass is 10.2. The fourth-order valence-corrected chi connectivity index (χ4v) is 3.77. The van der Waals surface area contributed by atoms with Crippen LogP contribution in [0.25, 0.3) is 0 Å². The molecule has 0 bridgehead atoms. The van der Waals surface area contributed by atoms with Gasteiger partial charge in [-0.15, -0.1) is 11.3 Å². The number of piperazine rings is 1. The number of rotatable bonds is 7. The largest absolute Gasteiger partial charge is 0.335 e. The van der Waals surface area contributed by atoms with Crippen molar-refractivity contribution in [2.45, 2.75) is 13.1 Å². The number of nitrogens with two attached hydrogens (primary N) is 1. The number of nitrogens with zero attached hydrogens (tertiary/aromatic N) is 4. The molecule has 1 aliphatic rings. The summed E-state index contributed by atoms with van der Waals surface area (Å²) in [6.07, 6.45) is 0. The lowest BCUT2D eigenvalue weighted by Gasteiger charge is -2.35. The number of benzene rings is 1. The number of carbonyl (C=O) groups excluding carboxylic acids is 1. The van der Waals surface area contributed by atoms with Gasteiger partial charge in [-0.3, -0.25) is 9.69 Å². The Labute approximate surface area is 159 Å². The third-order valence-electron chi connectivity index (χ3n) is 4.70. The van der Waals surface area contributed by atoms with Crippen molar-refractivity contribution >= 4 is 17.2 Å². The minimum absolute atomic E-state index is 0.0294. The number of likely N-dealkylation sites (N-methyl/N-ethyl adjacent to an activating group) is 1. The third kappa shape index (κ3) is 5.11. The van der Waals surface area contributed by atoms with Gasteiger partial charge in [-0.05, 0) is 12.6 Å². The lowest BCUT2D eigenvalue weighted by molar-refractivity contribution is 0.0621. The highest BCUT2D eigenvalue weighted by atomic mass is 32.1. The van der Waals surface area contributed by atoms with E-state index in [1.165, 1.54) is 16.9 Å². The first-order chi connectivity index (χ1) is 12.7. The van der Waals surface area contributed by atoms with Crippen molar-refractivity contribution in [3.63, 3.8) is 0 Å². The highest BCUT2D eigenvalue weighted by Gasteiger charge is 2.23. The Bertz CT molecular complexity index is 697. The minimum Gasteiger partial charge on any atom is -0.335 e. The molecule has 0 unspecified atom stereocenters. The third-order valence-corrected chi connectivity index (χ3v) is 5.57. The maximum atomic E-state index is 12.5. The lowest BCUT2D eigenvalue weighted by Crippen LogP contribution is -2.50. The molecule has 1 aromatic heterocycles. The van der Waals surface area contributed by atoms with Crippen LogP contribution in [0.1, 0.15) is 21.1 Å². The van der Waals surface area contributed by atoms with Crippen molar-refractivity contribution < 1.29 is 4.79 Å². The van der Waals surface area contributed by atoms with Gasteiger partial charge in [0.15, 0.2) is 0 Å². The number of hydrogen-bond acceptors (Lipinski definition) is 6. The van der Waals surface area contributed by atoms with Crippen molar-refractivity contribution in [2.24, 2.45) is 5.73 Å². The maximum absolute atomic E-state index is 12.5. The highest BCUT2D eigenvalue weighted by molar-refractivity contribution is 7.09.